The summed E-state index contributed by atoms with van der Waals surface area (Å²) in [6.45, 7) is 10.5. The number of carbonyl (C=O) groups is 2. The molecule has 2 rings (SSSR count). The lowest BCUT2D eigenvalue weighted by atomic mass is 10.0. The first-order chi connectivity index (χ1) is 14.5. The number of carbonyl (C=O) groups excluding carboxylic acids is 2. The zero-order valence-electron chi connectivity index (χ0n) is 18.8. The highest BCUT2D eigenvalue weighted by molar-refractivity contribution is 6.35. The molecular formula is C22H37N5O3. The van der Waals surface area contributed by atoms with Crippen molar-refractivity contribution in [3.8, 4) is 0 Å². The molecular weight excluding hydrogens is 382 g/mol. The Bertz CT molecular complexity index is 655. The molecule has 0 bridgehead atoms. The van der Waals surface area contributed by atoms with Crippen molar-refractivity contribution in [2.45, 2.75) is 19.9 Å². The molecule has 0 aromatic heterocycles. The van der Waals surface area contributed by atoms with Gasteiger partial charge in [-0.2, -0.15) is 0 Å². The highest BCUT2D eigenvalue weighted by Gasteiger charge is 2.24. The average Bonchev–Trinajstić information content (AvgIpc) is 2.77. The molecule has 168 valence electrons. The SMILES string of the molecule is CCN(CC)CCNC(=O)C(=O)NC[C@H](c1ccc(N(C)C)cc1)N1CCOCC1. The van der Waals surface area contributed by atoms with Gasteiger partial charge in [0.05, 0.1) is 19.3 Å². The van der Waals surface area contributed by atoms with Crippen LogP contribution in [-0.4, -0.2) is 94.7 Å². The Morgan fingerprint density at radius 3 is 2.20 bits per heavy atom. The molecule has 0 aliphatic carbocycles. The number of anilines is 1. The summed E-state index contributed by atoms with van der Waals surface area (Å²) < 4.78 is 5.48. The van der Waals surface area contributed by atoms with Crippen LogP contribution >= 0.6 is 0 Å². The zero-order chi connectivity index (χ0) is 21.9. The van der Waals surface area contributed by atoms with Gasteiger partial charge < -0.3 is 25.2 Å². The summed E-state index contributed by atoms with van der Waals surface area (Å²) in [6, 6.07) is 8.32. The number of nitrogens with zero attached hydrogens (tertiary/aromatic N) is 3. The van der Waals surface area contributed by atoms with Crippen molar-refractivity contribution in [3.05, 3.63) is 29.8 Å². The Labute approximate surface area is 180 Å². The second-order valence-corrected chi connectivity index (χ2v) is 7.64. The molecule has 8 heteroatoms. The Morgan fingerprint density at radius 2 is 1.63 bits per heavy atom. The first-order valence-electron chi connectivity index (χ1n) is 10.8. The predicted octanol–water partition coefficient (Wildman–Crippen LogP) is 0.700. The maximum absolute atomic E-state index is 12.3. The van der Waals surface area contributed by atoms with Crippen molar-refractivity contribution >= 4 is 17.5 Å². The van der Waals surface area contributed by atoms with Crippen LogP contribution in [0.15, 0.2) is 24.3 Å². The number of morpholine rings is 1. The number of amides is 2. The summed E-state index contributed by atoms with van der Waals surface area (Å²) in [5, 5.41) is 5.54. The maximum atomic E-state index is 12.3. The van der Waals surface area contributed by atoms with E-state index in [1.807, 2.05) is 14.1 Å². The van der Waals surface area contributed by atoms with E-state index in [1.165, 1.54) is 0 Å². The minimum Gasteiger partial charge on any atom is -0.379 e. The average molecular weight is 420 g/mol. The molecule has 1 aliphatic rings. The molecule has 8 nitrogen and oxygen atoms in total. The van der Waals surface area contributed by atoms with Crippen molar-refractivity contribution in [1.29, 1.82) is 0 Å². The first-order valence-corrected chi connectivity index (χ1v) is 10.8. The van der Waals surface area contributed by atoms with Gasteiger partial charge in [0.15, 0.2) is 0 Å². The van der Waals surface area contributed by atoms with Crippen molar-refractivity contribution < 1.29 is 14.3 Å². The first kappa shape index (κ1) is 24.1. The predicted molar refractivity (Wildman–Crippen MR) is 120 cm³/mol. The van der Waals surface area contributed by atoms with Crippen LogP contribution < -0.4 is 15.5 Å². The van der Waals surface area contributed by atoms with Gasteiger partial charge in [-0.3, -0.25) is 14.5 Å². The Hall–Kier alpha value is -2.16. The summed E-state index contributed by atoms with van der Waals surface area (Å²) >= 11 is 0. The topological polar surface area (TPSA) is 77.2 Å². The maximum Gasteiger partial charge on any atom is 0.309 e. The quantitative estimate of drug-likeness (QED) is 0.544. The Morgan fingerprint density at radius 1 is 1.03 bits per heavy atom. The second-order valence-electron chi connectivity index (χ2n) is 7.64. The van der Waals surface area contributed by atoms with Gasteiger partial charge in [0.25, 0.3) is 0 Å². The van der Waals surface area contributed by atoms with Gasteiger partial charge in [-0.15, -0.1) is 0 Å². The summed E-state index contributed by atoms with van der Waals surface area (Å²) in [7, 11) is 4.01. The molecule has 1 saturated heterocycles. The fourth-order valence-corrected chi connectivity index (χ4v) is 3.56. The minimum absolute atomic E-state index is 0.00228. The smallest absolute Gasteiger partial charge is 0.309 e. The molecule has 0 spiro atoms. The number of hydrogen-bond acceptors (Lipinski definition) is 6. The van der Waals surface area contributed by atoms with Crippen molar-refractivity contribution in [2.24, 2.45) is 0 Å². The molecule has 0 radical (unpaired) electrons. The number of likely N-dealkylation sites (N-methyl/N-ethyl adjacent to an activating group) is 1. The molecule has 1 aliphatic heterocycles. The summed E-state index contributed by atoms with van der Waals surface area (Å²) in [6.07, 6.45) is 0. The fourth-order valence-electron chi connectivity index (χ4n) is 3.56. The lowest BCUT2D eigenvalue weighted by Crippen LogP contribution is -2.47. The van der Waals surface area contributed by atoms with E-state index in [2.05, 4.69) is 63.4 Å². The standard InChI is InChI=1S/C22H37N5O3/c1-5-26(6-2)12-11-23-21(28)22(29)24-17-20(27-13-15-30-16-14-27)18-7-9-19(10-8-18)25(3)4/h7-10,20H,5-6,11-17H2,1-4H3,(H,23,28)(H,24,29)/t20-/m1/s1. The Kier molecular flexibility index (Phi) is 10.1. The molecule has 1 atom stereocenters. The third-order valence-corrected chi connectivity index (χ3v) is 5.55. The highest BCUT2D eigenvalue weighted by atomic mass is 16.5. The van der Waals surface area contributed by atoms with E-state index >= 15 is 0 Å². The number of hydrogen-bond donors (Lipinski definition) is 2. The molecule has 2 N–H and O–H groups in total. The van der Waals surface area contributed by atoms with Gasteiger partial charge in [0.2, 0.25) is 0 Å². The van der Waals surface area contributed by atoms with Gasteiger partial charge in [0, 0.05) is 52.5 Å². The van der Waals surface area contributed by atoms with Crippen LogP contribution in [0.4, 0.5) is 5.69 Å². The van der Waals surface area contributed by atoms with Gasteiger partial charge in [0.1, 0.15) is 0 Å². The van der Waals surface area contributed by atoms with Gasteiger partial charge in [-0.1, -0.05) is 26.0 Å². The zero-order valence-corrected chi connectivity index (χ0v) is 18.8. The fraction of sp³-hybridized carbons (Fsp3) is 0.636. The van der Waals surface area contributed by atoms with E-state index in [0.29, 0.717) is 26.3 Å². The number of benzene rings is 1. The van der Waals surface area contributed by atoms with E-state index in [1.54, 1.807) is 0 Å². The summed E-state index contributed by atoms with van der Waals surface area (Å²) in [5.74, 6) is -1.16. The van der Waals surface area contributed by atoms with Crippen LogP contribution in [0.5, 0.6) is 0 Å². The lowest BCUT2D eigenvalue weighted by Gasteiger charge is -2.35. The van der Waals surface area contributed by atoms with E-state index in [4.69, 9.17) is 4.74 Å². The second kappa shape index (κ2) is 12.5. The molecule has 1 aromatic rings. The molecule has 2 amide bonds. The third-order valence-electron chi connectivity index (χ3n) is 5.55. The third kappa shape index (κ3) is 7.27. The van der Waals surface area contributed by atoms with E-state index in [0.717, 1.165) is 44.0 Å². The molecule has 0 saturated carbocycles. The summed E-state index contributed by atoms with van der Waals surface area (Å²) in [5.41, 5.74) is 2.24. The number of nitrogens with one attached hydrogen (secondary N) is 2. The van der Waals surface area contributed by atoms with Crippen LogP contribution in [0.1, 0.15) is 25.5 Å². The lowest BCUT2D eigenvalue weighted by molar-refractivity contribution is -0.139. The van der Waals surface area contributed by atoms with Crippen molar-refractivity contribution in [1.82, 2.24) is 20.4 Å². The van der Waals surface area contributed by atoms with E-state index < -0.39 is 11.8 Å². The minimum atomic E-state index is -0.585. The largest absolute Gasteiger partial charge is 0.379 e. The summed E-state index contributed by atoms with van der Waals surface area (Å²) in [4.78, 5) is 31.0. The van der Waals surface area contributed by atoms with Gasteiger partial charge in [-0.05, 0) is 30.8 Å². The monoisotopic (exact) mass is 419 g/mol. The molecule has 0 unspecified atom stereocenters. The molecule has 1 heterocycles. The Balaban J connectivity index is 1.95. The molecule has 30 heavy (non-hydrogen) atoms. The van der Waals surface area contributed by atoms with Crippen molar-refractivity contribution in [3.63, 3.8) is 0 Å². The highest BCUT2D eigenvalue weighted by Crippen LogP contribution is 2.23. The van der Waals surface area contributed by atoms with Crippen LogP contribution in [0.3, 0.4) is 0 Å². The van der Waals surface area contributed by atoms with Gasteiger partial charge >= 0.3 is 11.8 Å². The van der Waals surface area contributed by atoms with Crippen LogP contribution in [0, 0.1) is 0 Å². The van der Waals surface area contributed by atoms with Crippen molar-refractivity contribution in [2.75, 3.05) is 78.0 Å². The van der Waals surface area contributed by atoms with Crippen LogP contribution in [0.2, 0.25) is 0 Å². The van der Waals surface area contributed by atoms with E-state index in [-0.39, 0.29) is 6.04 Å². The van der Waals surface area contributed by atoms with Gasteiger partial charge in [-0.25, -0.2) is 0 Å². The normalized spacial score (nSPS) is 15.6. The molecule has 1 fully saturated rings. The van der Waals surface area contributed by atoms with Crippen LogP contribution in [0.25, 0.3) is 0 Å². The molecule has 1 aromatic carbocycles. The number of ether oxygens (including phenoxy) is 1. The van der Waals surface area contributed by atoms with E-state index in [9.17, 15) is 9.59 Å². The number of rotatable bonds is 10. The van der Waals surface area contributed by atoms with Crippen LogP contribution in [-0.2, 0) is 14.3 Å².